The Morgan fingerprint density at radius 3 is 2.38 bits per heavy atom. The summed E-state index contributed by atoms with van der Waals surface area (Å²) in [6, 6.07) is 6.51. The maximum atomic E-state index is 13.0. The maximum absolute atomic E-state index is 13.0. The molecule has 21 heavy (non-hydrogen) atoms. The van der Waals surface area contributed by atoms with E-state index in [1.54, 1.807) is 12.1 Å². The van der Waals surface area contributed by atoms with Gasteiger partial charge in [0.25, 0.3) is 0 Å². The summed E-state index contributed by atoms with van der Waals surface area (Å²) in [6.07, 6.45) is 9.89. The van der Waals surface area contributed by atoms with Crippen LogP contribution in [0.4, 0.5) is 4.39 Å². The van der Waals surface area contributed by atoms with Gasteiger partial charge in [-0.25, -0.2) is 4.39 Å². The normalized spacial score (nSPS) is 16.6. The average molecular weight is 286 g/mol. The molecule has 2 aromatic rings. The summed E-state index contributed by atoms with van der Waals surface area (Å²) < 4.78 is 15.0. The Morgan fingerprint density at radius 1 is 1.10 bits per heavy atom. The molecule has 0 aliphatic heterocycles. The molecule has 0 unspecified atom stereocenters. The Hall–Kier alpha value is -1.97. The highest BCUT2D eigenvalue weighted by molar-refractivity contribution is 5.85. The maximum Gasteiger partial charge on any atom is 0.153 e. The second kappa shape index (κ2) is 6.20. The Bertz CT molecular complexity index is 610. The first kappa shape index (κ1) is 14.0. The number of carbonyl (C=O) groups excluding carboxylic acids is 1. The van der Waals surface area contributed by atoms with Gasteiger partial charge in [-0.05, 0) is 37.1 Å². The van der Waals surface area contributed by atoms with E-state index in [0.29, 0.717) is 17.3 Å². The molecule has 0 N–H and O–H groups in total. The zero-order chi connectivity index (χ0) is 14.7. The van der Waals surface area contributed by atoms with Crippen LogP contribution in [-0.2, 0) is 0 Å². The van der Waals surface area contributed by atoms with Crippen LogP contribution in [0, 0.1) is 5.82 Å². The predicted molar refractivity (Wildman–Crippen MR) is 79.7 cm³/mol. The van der Waals surface area contributed by atoms with Crippen molar-refractivity contribution in [3.8, 4) is 11.3 Å². The van der Waals surface area contributed by atoms with Crippen molar-refractivity contribution in [2.24, 2.45) is 0 Å². The van der Waals surface area contributed by atoms with Gasteiger partial charge in [0.15, 0.2) is 6.29 Å². The van der Waals surface area contributed by atoms with E-state index in [-0.39, 0.29) is 5.82 Å². The highest BCUT2D eigenvalue weighted by Crippen LogP contribution is 2.29. The smallest absolute Gasteiger partial charge is 0.153 e. The van der Waals surface area contributed by atoms with E-state index >= 15 is 0 Å². The molecule has 0 bridgehead atoms. The minimum Gasteiger partial charge on any atom is -0.298 e. The summed E-state index contributed by atoms with van der Waals surface area (Å²) in [5, 5.41) is 4.61. The average Bonchev–Trinajstić information content (AvgIpc) is 2.75. The van der Waals surface area contributed by atoms with Crippen LogP contribution in [0.5, 0.6) is 0 Å². The Kier molecular flexibility index (Phi) is 4.13. The van der Waals surface area contributed by atoms with E-state index in [4.69, 9.17) is 0 Å². The van der Waals surface area contributed by atoms with Gasteiger partial charge in [0.05, 0.1) is 11.6 Å². The summed E-state index contributed by atoms with van der Waals surface area (Å²) in [5.74, 6) is -0.283. The molecule has 1 aliphatic carbocycles. The number of carbonyl (C=O) groups is 1. The number of hydrogen-bond acceptors (Lipinski definition) is 2. The van der Waals surface area contributed by atoms with Crippen molar-refractivity contribution in [2.75, 3.05) is 0 Å². The van der Waals surface area contributed by atoms with E-state index in [1.807, 2.05) is 10.9 Å². The summed E-state index contributed by atoms with van der Waals surface area (Å²) in [7, 11) is 0. The lowest BCUT2D eigenvalue weighted by Gasteiger charge is -2.14. The fourth-order valence-corrected chi connectivity index (χ4v) is 3.03. The van der Waals surface area contributed by atoms with Crippen molar-refractivity contribution < 1.29 is 9.18 Å². The summed E-state index contributed by atoms with van der Waals surface area (Å²) >= 11 is 0. The highest BCUT2D eigenvalue weighted by Gasteiger charge is 2.18. The largest absolute Gasteiger partial charge is 0.298 e. The van der Waals surface area contributed by atoms with Gasteiger partial charge in [0, 0.05) is 11.8 Å². The molecular weight excluding hydrogens is 267 g/mol. The van der Waals surface area contributed by atoms with Gasteiger partial charge in [-0.3, -0.25) is 9.48 Å². The standard InChI is InChI=1S/C17H19FN2O/c18-15-9-7-13(8-10-15)17-14(12-21)11-20(19-17)16-5-3-1-2-4-6-16/h7-12,16H,1-6H2. The Morgan fingerprint density at radius 2 is 1.76 bits per heavy atom. The first-order valence-corrected chi connectivity index (χ1v) is 7.58. The second-order valence-electron chi connectivity index (χ2n) is 5.68. The third kappa shape index (κ3) is 3.04. The van der Waals surface area contributed by atoms with Crippen LogP contribution in [0.1, 0.15) is 54.9 Å². The molecule has 1 heterocycles. The van der Waals surface area contributed by atoms with E-state index < -0.39 is 0 Å². The molecule has 1 aromatic carbocycles. The molecule has 0 spiro atoms. The zero-order valence-electron chi connectivity index (χ0n) is 12.0. The van der Waals surface area contributed by atoms with Gasteiger partial charge in [-0.2, -0.15) is 5.10 Å². The minimum atomic E-state index is -0.283. The molecule has 0 amide bonds. The Balaban J connectivity index is 1.93. The van der Waals surface area contributed by atoms with Crippen LogP contribution < -0.4 is 0 Å². The molecule has 0 saturated heterocycles. The predicted octanol–water partition coefficient (Wildman–Crippen LogP) is 4.40. The molecule has 4 heteroatoms. The van der Waals surface area contributed by atoms with Crippen molar-refractivity contribution in [2.45, 2.75) is 44.6 Å². The van der Waals surface area contributed by atoms with Crippen molar-refractivity contribution in [3.63, 3.8) is 0 Å². The van der Waals surface area contributed by atoms with Crippen molar-refractivity contribution in [1.29, 1.82) is 0 Å². The summed E-state index contributed by atoms with van der Waals surface area (Å²) in [6.45, 7) is 0. The molecule has 1 saturated carbocycles. The van der Waals surface area contributed by atoms with E-state index in [1.165, 1.54) is 37.8 Å². The van der Waals surface area contributed by atoms with Gasteiger partial charge in [0.1, 0.15) is 11.5 Å². The quantitative estimate of drug-likeness (QED) is 0.619. The minimum absolute atomic E-state index is 0.283. The first-order valence-electron chi connectivity index (χ1n) is 7.58. The lowest BCUT2D eigenvalue weighted by atomic mass is 10.1. The zero-order valence-corrected chi connectivity index (χ0v) is 12.0. The molecule has 0 radical (unpaired) electrons. The van der Waals surface area contributed by atoms with Crippen molar-refractivity contribution in [1.82, 2.24) is 9.78 Å². The fourth-order valence-electron chi connectivity index (χ4n) is 3.03. The van der Waals surface area contributed by atoms with E-state index in [2.05, 4.69) is 5.10 Å². The van der Waals surface area contributed by atoms with Gasteiger partial charge in [0.2, 0.25) is 0 Å². The summed E-state index contributed by atoms with van der Waals surface area (Å²) in [5.41, 5.74) is 2.01. The topological polar surface area (TPSA) is 34.9 Å². The molecule has 110 valence electrons. The lowest BCUT2D eigenvalue weighted by Crippen LogP contribution is -2.08. The lowest BCUT2D eigenvalue weighted by molar-refractivity contribution is 0.112. The number of aldehydes is 1. The van der Waals surface area contributed by atoms with Crippen molar-refractivity contribution >= 4 is 6.29 Å². The van der Waals surface area contributed by atoms with E-state index in [9.17, 15) is 9.18 Å². The number of aromatic nitrogens is 2. The monoisotopic (exact) mass is 286 g/mol. The third-order valence-corrected chi connectivity index (χ3v) is 4.20. The fraction of sp³-hybridized carbons (Fsp3) is 0.412. The number of halogens is 1. The molecular formula is C17H19FN2O. The van der Waals surface area contributed by atoms with Crippen LogP contribution in [-0.4, -0.2) is 16.1 Å². The van der Waals surface area contributed by atoms with Crippen LogP contribution in [0.2, 0.25) is 0 Å². The van der Waals surface area contributed by atoms with Crippen LogP contribution >= 0.6 is 0 Å². The molecule has 1 aliphatic rings. The molecule has 3 rings (SSSR count). The van der Waals surface area contributed by atoms with Crippen LogP contribution in [0.15, 0.2) is 30.5 Å². The number of hydrogen-bond donors (Lipinski definition) is 0. The van der Waals surface area contributed by atoms with Gasteiger partial charge < -0.3 is 0 Å². The molecule has 0 atom stereocenters. The second-order valence-corrected chi connectivity index (χ2v) is 5.68. The molecule has 1 aromatic heterocycles. The SMILES string of the molecule is O=Cc1cn(C2CCCCCC2)nc1-c1ccc(F)cc1. The molecule has 3 nitrogen and oxygen atoms in total. The number of rotatable bonds is 3. The number of benzene rings is 1. The number of nitrogens with zero attached hydrogens (tertiary/aromatic N) is 2. The van der Waals surface area contributed by atoms with E-state index in [0.717, 1.165) is 24.7 Å². The van der Waals surface area contributed by atoms with Gasteiger partial charge >= 0.3 is 0 Å². The molecule has 1 fully saturated rings. The highest BCUT2D eigenvalue weighted by atomic mass is 19.1. The first-order chi connectivity index (χ1) is 10.3. The Labute approximate surface area is 123 Å². The van der Waals surface area contributed by atoms with Crippen LogP contribution in [0.25, 0.3) is 11.3 Å². The van der Waals surface area contributed by atoms with Crippen molar-refractivity contribution in [3.05, 3.63) is 41.8 Å². The van der Waals surface area contributed by atoms with Gasteiger partial charge in [-0.1, -0.05) is 25.7 Å². The van der Waals surface area contributed by atoms with Crippen LogP contribution in [0.3, 0.4) is 0 Å². The third-order valence-electron chi connectivity index (χ3n) is 4.20. The van der Waals surface area contributed by atoms with Gasteiger partial charge in [-0.15, -0.1) is 0 Å². The summed E-state index contributed by atoms with van der Waals surface area (Å²) in [4.78, 5) is 11.3.